The van der Waals surface area contributed by atoms with Crippen LogP contribution in [0.3, 0.4) is 0 Å². The van der Waals surface area contributed by atoms with E-state index in [9.17, 15) is 0 Å². The van der Waals surface area contributed by atoms with Crippen molar-refractivity contribution in [2.75, 3.05) is 13.1 Å². The van der Waals surface area contributed by atoms with Crippen LogP contribution in [0.15, 0.2) is 0 Å². The Kier molecular flexibility index (Phi) is 7.92. The van der Waals surface area contributed by atoms with E-state index in [1.54, 1.807) is 0 Å². The van der Waals surface area contributed by atoms with Crippen LogP contribution in [0, 0.1) is 11.8 Å². The molecule has 0 aromatic heterocycles. The second-order valence-electron chi connectivity index (χ2n) is 5.46. The molecule has 0 aromatic carbocycles. The Hall–Kier alpha value is -0.0400. The molecule has 96 valence electrons. The summed E-state index contributed by atoms with van der Waals surface area (Å²) in [6.45, 7) is 7.20. The zero-order valence-electron chi connectivity index (χ0n) is 11.4. The fourth-order valence-electron chi connectivity index (χ4n) is 3.12. The first-order chi connectivity index (χ1) is 7.88. The number of unbranched alkanes of at least 4 members (excludes halogenated alkanes) is 3. The minimum atomic E-state index is 1.01. The molecule has 1 nitrogen and oxygen atoms in total. The molecule has 0 amide bonds. The van der Waals surface area contributed by atoms with E-state index in [1.165, 1.54) is 70.9 Å². The Morgan fingerprint density at radius 2 is 1.94 bits per heavy atom. The van der Waals surface area contributed by atoms with Crippen LogP contribution in [0.1, 0.15) is 71.6 Å². The molecule has 1 fully saturated rings. The van der Waals surface area contributed by atoms with E-state index in [1.807, 2.05) is 0 Å². The molecule has 0 saturated carbocycles. The first kappa shape index (κ1) is 14.0. The monoisotopic (exact) mass is 225 g/mol. The number of nitrogens with one attached hydrogen (secondary N) is 1. The molecule has 2 atom stereocenters. The van der Waals surface area contributed by atoms with Crippen LogP contribution in [-0.2, 0) is 0 Å². The van der Waals surface area contributed by atoms with Gasteiger partial charge in [-0.25, -0.2) is 0 Å². The highest BCUT2D eigenvalue weighted by molar-refractivity contribution is 4.73. The van der Waals surface area contributed by atoms with Gasteiger partial charge in [-0.3, -0.25) is 0 Å². The second kappa shape index (κ2) is 9.04. The Morgan fingerprint density at radius 3 is 2.69 bits per heavy atom. The molecule has 0 aliphatic carbocycles. The van der Waals surface area contributed by atoms with Gasteiger partial charge < -0.3 is 5.32 Å². The average molecular weight is 225 g/mol. The molecule has 1 rings (SSSR count). The van der Waals surface area contributed by atoms with Crippen LogP contribution in [0.25, 0.3) is 0 Å². The van der Waals surface area contributed by atoms with Crippen LogP contribution in [0.2, 0.25) is 0 Å². The third-order valence-corrected chi connectivity index (χ3v) is 4.24. The van der Waals surface area contributed by atoms with Gasteiger partial charge in [0.2, 0.25) is 0 Å². The minimum absolute atomic E-state index is 1.01. The maximum absolute atomic E-state index is 3.53. The first-order valence-electron chi connectivity index (χ1n) is 7.59. The van der Waals surface area contributed by atoms with Gasteiger partial charge >= 0.3 is 0 Å². The lowest BCUT2D eigenvalue weighted by Gasteiger charge is -2.24. The molecule has 2 unspecified atom stereocenters. The zero-order valence-corrected chi connectivity index (χ0v) is 11.4. The predicted molar refractivity (Wildman–Crippen MR) is 72.8 cm³/mol. The second-order valence-corrected chi connectivity index (χ2v) is 5.46. The Labute approximate surface area is 102 Å². The maximum atomic E-state index is 3.53. The van der Waals surface area contributed by atoms with Crippen molar-refractivity contribution >= 4 is 0 Å². The lowest BCUT2D eigenvalue weighted by molar-refractivity contribution is 0.271. The molecule has 1 saturated heterocycles. The van der Waals surface area contributed by atoms with Crippen LogP contribution >= 0.6 is 0 Å². The summed E-state index contributed by atoms with van der Waals surface area (Å²) in [7, 11) is 0. The Morgan fingerprint density at radius 1 is 1.06 bits per heavy atom. The van der Waals surface area contributed by atoms with E-state index >= 15 is 0 Å². The lowest BCUT2D eigenvalue weighted by Crippen LogP contribution is -2.17. The minimum Gasteiger partial charge on any atom is -0.317 e. The third-order valence-electron chi connectivity index (χ3n) is 4.24. The van der Waals surface area contributed by atoms with Crippen molar-refractivity contribution in [2.24, 2.45) is 11.8 Å². The summed E-state index contributed by atoms with van der Waals surface area (Å²) in [6.07, 6.45) is 12.9. The molecular weight excluding hydrogens is 194 g/mol. The van der Waals surface area contributed by atoms with Crippen LogP contribution in [-0.4, -0.2) is 13.1 Å². The van der Waals surface area contributed by atoms with Crippen molar-refractivity contribution in [3.63, 3.8) is 0 Å². The fraction of sp³-hybridized carbons (Fsp3) is 1.00. The maximum Gasteiger partial charge on any atom is -0.00462 e. The molecule has 1 heteroatoms. The van der Waals surface area contributed by atoms with E-state index in [-0.39, 0.29) is 0 Å². The standard InChI is InChI=1S/C15H31N/c1-3-5-6-7-9-14(4-2)15-10-8-12-16-13-11-15/h14-16H,3-13H2,1-2H3. The summed E-state index contributed by atoms with van der Waals surface area (Å²) in [5.74, 6) is 2.03. The number of hydrogen-bond donors (Lipinski definition) is 1. The van der Waals surface area contributed by atoms with Gasteiger partial charge in [0, 0.05) is 0 Å². The quantitative estimate of drug-likeness (QED) is 0.634. The molecule has 1 aliphatic rings. The van der Waals surface area contributed by atoms with Gasteiger partial charge in [-0.2, -0.15) is 0 Å². The van der Waals surface area contributed by atoms with Crippen LogP contribution in [0.5, 0.6) is 0 Å². The van der Waals surface area contributed by atoms with E-state index in [2.05, 4.69) is 19.2 Å². The molecule has 0 radical (unpaired) electrons. The summed E-state index contributed by atoms with van der Waals surface area (Å²) in [6, 6.07) is 0. The van der Waals surface area contributed by atoms with Gasteiger partial charge in [0.15, 0.2) is 0 Å². The lowest BCUT2D eigenvalue weighted by atomic mass is 9.81. The summed E-state index contributed by atoms with van der Waals surface area (Å²) < 4.78 is 0. The summed E-state index contributed by atoms with van der Waals surface area (Å²) in [5.41, 5.74) is 0. The topological polar surface area (TPSA) is 12.0 Å². The van der Waals surface area contributed by atoms with Gasteiger partial charge in [0.25, 0.3) is 0 Å². The largest absolute Gasteiger partial charge is 0.317 e. The molecule has 1 heterocycles. The SMILES string of the molecule is CCCCCCC(CC)C1CCCNCC1. The van der Waals surface area contributed by atoms with Crippen molar-refractivity contribution in [2.45, 2.75) is 71.6 Å². The molecule has 0 aromatic rings. The van der Waals surface area contributed by atoms with Gasteiger partial charge in [-0.05, 0) is 44.2 Å². The smallest absolute Gasteiger partial charge is 0.00462 e. The molecule has 16 heavy (non-hydrogen) atoms. The van der Waals surface area contributed by atoms with Crippen LogP contribution < -0.4 is 5.32 Å². The van der Waals surface area contributed by atoms with Crippen molar-refractivity contribution < 1.29 is 0 Å². The van der Waals surface area contributed by atoms with Gasteiger partial charge in [0.1, 0.15) is 0 Å². The van der Waals surface area contributed by atoms with E-state index < -0.39 is 0 Å². The summed E-state index contributed by atoms with van der Waals surface area (Å²) in [4.78, 5) is 0. The number of hydrogen-bond acceptors (Lipinski definition) is 1. The predicted octanol–water partition coefficient (Wildman–Crippen LogP) is 4.37. The van der Waals surface area contributed by atoms with E-state index in [0.29, 0.717) is 0 Å². The Balaban J connectivity index is 2.22. The van der Waals surface area contributed by atoms with Gasteiger partial charge in [0.05, 0.1) is 0 Å². The molecule has 0 spiro atoms. The molecule has 1 N–H and O–H groups in total. The highest BCUT2D eigenvalue weighted by atomic mass is 14.8. The van der Waals surface area contributed by atoms with Crippen molar-refractivity contribution in [1.82, 2.24) is 5.32 Å². The summed E-state index contributed by atoms with van der Waals surface area (Å²) >= 11 is 0. The first-order valence-corrected chi connectivity index (χ1v) is 7.59. The summed E-state index contributed by atoms with van der Waals surface area (Å²) in [5, 5.41) is 3.53. The van der Waals surface area contributed by atoms with Gasteiger partial charge in [-0.15, -0.1) is 0 Å². The molecule has 0 bridgehead atoms. The van der Waals surface area contributed by atoms with Crippen molar-refractivity contribution in [3.05, 3.63) is 0 Å². The van der Waals surface area contributed by atoms with E-state index in [0.717, 1.165) is 11.8 Å². The third kappa shape index (κ3) is 5.34. The van der Waals surface area contributed by atoms with E-state index in [4.69, 9.17) is 0 Å². The fourth-order valence-corrected chi connectivity index (χ4v) is 3.12. The molecular formula is C15H31N. The average Bonchev–Trinajstić information content (AvgIpc) is 2.58. The zero-order chi connectivity index (χ0) is 11.6. The van der Waals surface area contributed by atoms with Crippen molar-refractivity contribution in [3.8, 4) is 0 Å². The van der Waals surface area contributed by atoms with Crippen molar-refractivity contribution in [1.29, 1.82) is 0 Å². The molecule has 1 aliphatic heterocycles. The number of rotatable bonds is 7. The highest BCUT2D eigenvalue weighted by Crippen LogP contribution is 2.29. The highest BCUT2D eigenvalue weighted by Gasteiger charge is 2.20. The Bertz CT molecular complexity index is 148. The van der Waals surface area contributed by atoms with Gasteiger partial charge in [-0.1, -0.05) is 52.4 Å². The normalized spacial score (nSPS) is 24.0. The van der Waals surface area contributed by atoms with Crippen LogP contribution in [0.4, 0.5) is 0 Å².